The van der Waals surface area contributed by atoms with Crippen molar-refractivity contribution in [1.82, 2.24) is 30.0 Å². The first-order chi connectivity index (χ1) is 28.7. The summed E-state index contributed by atoms with van der Waals surface area (Å²) in [7, 11) is -8.80. The van der Waals surface area contributed by atoms with Crippen LogP contribution in [-0.2, 0) is 54.8 Å². The maximum Gasteiger partial charge on any atom is 0.436 e. The zero-order chi connectivity index (χ0) is 45.9. The van der Waals surface area contributed by atoms with Gasteiger partial charge < -0.3 is 10.6 Å². The molecular formula is C34H24Cl4F6N10O6S2. The molecule has 62 heavy (non-hydrogen) atoms. The molecule has 0 saturated carbocycles. The molecule has 0 saturated heterocycles. The highest BCUT2D eigenvalue weighted by Crippen LogP contribution is 2.31. The van der Waals surface area contributed by atoms with E-state index in [1.165, 1.54) is 24.3 Å². The van der Waals surface area contributed by atoms with Gasteiger partial charge in [-0.1, -0.05) is 63.7 Å². The second kappa shape index (κ2) is 18.6. The number of carbonyl (C=O) groups is 2. The number of aromatic nitrogens is 6. The molecule has 28 heteroatoms. The maximum absolute atomic E-state index is 12.8. The lowest BCUT2D eigenvalue weighted by Crippen LogP contribution is -2.19. The van der Waals surface area contributed by atoms with Crippen LogP contribution in [0.15, 0.2) is 95.0 Å². The van der Waals surface area contributed by atoms with Gasteiger partial charge in [0, 0.05) is 31.5 Å². The molecular weight excluding hydrogens is 964 g/mol. The third kappa shape index (κ3) is 12.4. The Hall–Kier alpha value is -5.34. The molecule has 2 amide bonds. The number of halogens is 10. The number of benzene rings is 4. The Bertz CT molecular complexity index is 2720. The standard InChI is InChI=1S/2C17H12Cl2F3N5O3S/c18-10-2-1-9(12(19)6-10)5-16(28)24-11-3-4-13(14(7-11)31(23,29)30)27-8-15(25-26-27)17(20,21)22;18-10-2-1-9(12(19)6-10)5-16(28)25-11-3-4-13(14(7-11)31(23,29)30)27-24-8-15(26-27)17(20,21)22/h1-4,6-8H,5H2,(H,24,28)(H2,23,29,30);1-4,6-8H,5H2,(H,25,28)(H2,23,29,30). The van der Waals surface area contributed by atoms with Crippen LogP contribution in [0.5, 0.6) is 0 Å². The summed E-state index contributed by atoms with van der Waals surface area (Å²) in [5.41, 5.74) is -2.19. The molecule has 0 atom stereocenters. The predicted octanol–water partition coefficient (Wildman–Crippen LogP) is 6.84. The fourth-order valence-corrected chi connectivity index (χ4v) is 7.53. The van der Waals surface area contributed by atoms with E-state index in [1.807, 2.05) is 0 Å². The van der Waals surface area contributed by atoms with E-state index in [2.05, 4.69) is 31.1 Å². The monoisotopic (exact) mass is 986 g/mol. The Kier molecular flexibility index (Phi) is 14.3. The first-order valence-electron chi connectivity index (χ1n) is 16.5. The Morgan fingerprint density at radius 1 is 0.645 bits per heavy atom. The molecule has 0 aliphatic heterocycles. The quantitative estimate of drug-likeness (QED) is 0.104. The molecule has 6 N–H and O–H groups in total. The second-order valence-corrected chi connectivity index (χ2v) is 17.2. The van der Waals surface area contributed by atoms with Crippen molar-refractivity contribution in [1.29, 1.82) is 0 Å². The number of sulfonamides is 2. The number of nitrogens with two attached hydrogens (primary N) is 2. The molecule has 4 aromatic carbocycles. The number of carbonyl (C=O) groups excluding carboxylic acids is 2. The van der Waals surface area contributed by atoms with Gasteiger partial charge in [0.15, 0.2) is 11.4 Å². The maximum atomic E-state index is 12.8. The molecule has 0 unspecified atom stereocenters. The summed E-state index contributed by atoms with van der Waals surface area (Å²) in [6, 6.07) is 15.9. The molecule has 6 aromatic rings. The number of primary sulfonamides is 2. The lowest BCUT2D eigenvalue weighted by molar-refractivity contribution is -0.142. The van der Waals surface area contributed by atoms with Gasteiger partial charge in [0.1, 0.15) is 15.5 Å². The minimum atomic E-state index is -4.77. The summed E-state index contributed by atoms with van der Waals surface area (Å²) in [4.78, 5) is 24.0. The van der Waals surface area contributed by atoms with Crippen LogP contribution in [-0.4, -0.2) is 58.6 Å². The summed E-state index contributed by atoms with van der Waals surface area (Å²) >= 11 is 23.7. The summed E-state index contributed by atoms with van der Waals surface area (Å²) in [5.74, 6) is -1.06. The average molecular weight is 989 g/mol. The number of hydrogen-bond donors (Lipinski definition) is 4. The first kappa shape index (κ1) is 47.7. The third-order valence-corrected chi connectivity index (χ3v) is 10.9. The second-order valence-electron chi connectivity index (χ2n) is 12.4. The van der Waals surface area contributed by atoms with Gasteiger partial charge in [0.05, 0.1) is 30.9 Å². The molecule has 0 aliphatic rings. The minimum absolute atomic E-state index is 0.0334. The number of amides is 2. The van der Waals surface area contributed by atoms with Gasteiger partial charge in [-0.2, -0.15) is 31.4 Å². The first-order valence-corrected chi connectivity index (χ1v) is 21.1. The zero-order valence-corrected chi connectivity index (χ0v) is 35.0. The lowest BCUT2D eigenvalue weighted by Gasteiger charge is -2.11. The highest BCUT2D eigenvalue weighted by atomic mass is 35.5. The molecule has 0 radical (unpaired) electrons. The summed E-state index contributed by atoms with van der Waals surface area (Å²) in [6.07, 6.45) is -8.85. The topological polar surface area (TPSA) is 240 Å². The van der Waals surface area contributed by atoms with Crippen molar-refractivity contribution in [3.63, 3.8) is 0 Å². The molecule has 16 nitrogen and oxygen atoms in total. The largest absolute Gasteiger partial charge is 0.436 e. The minimum Gasteiger partial charge on any atom is -0.326 e. The normalized spacial score (nSPS) is 12.1. The summed E-state index contributed by atoms with van der Waals surface area (Å²) in [5, 5.41) is 29.6. The summed E-state index contributed by atoms with van der Waals surface area (Å²) < 4.78 is 125. The van der Waals surface area contributed by atoms with Crippen molar-refractivity contribution in [3.05, 3.63) is 128 Å². The van der Waals surface area contributed by atoms with E-state index in [0.29, 0.717) is 43.0 Å². The van der Waals surface area contributed by atoms with Gasteiger partial charge in [-0.3, -0.25) is 9.59 Å². The van der Waals surface area contributed by atoms with E-state index >= 15 is 0 Å². The number of nitrogens with zero attached hydrogens (tertiary/aromatic N) is 6. The van der Waals surface area contributed by atoms with Crippen molar-refractivity contribution in [2.24, 2.45) is 10.3 Å². The van der Waals surface area contributed by atoms with Gasteiger partial charge in [-0.25, -0.2) is 31.8 Å². The van der Waals surface area contributed by atoms with E-state index in [4.69, 9.17) is 56.7 Å². The Morgan fingerprint density at radius 3 is 1.50 bits per heavy atom. The number of hydrogen-bond acceptors (Lipinski definition) is 10. The fourth-order valence-electron chi connectivity index (χ4n) is 5.10. The predicted molar refractivity (Wildman–Crippen MR) is 213 cm³/mol. The molecule has 0 fully saturated rings. The molecule has 2 heterocycles. The van der Waals surface area contributed by atoms with Crippen LogP contribution < -0.4 is 20.9 Å². The number of anilines is 2. The van der Waals surface area contributed by atoms with E-state index < -0.39 is 65.4 Å². The van der Waals surface area contributed by atoms with Crippen LogP contribution in [0.4, 0.5) is 37.7 Å². The Balaban J connectivity index is 0.000000234. The fraction of sp³-hybridized carbons (Fsp3) is 0.118. The molecule has 0 aliphatic carbocycles. The molecule has 0 spiro atoms. The van der Waals surface area contributed by atoms with Crippen molar-refractivity contribution in [2.75, 3.05) is 10.6 Å². The number of rotatable bonds is 10. The molecule has 0 bridgehead atoms. The van der Waals surface area contributed by atoms with Crippen LogP contribution in [0.2, 0.25) is 20.1 Å². The number of alkyl halides is 6. The SMILES string of the molecule is NS(=O)(=O)c1cc(NC(=O)Cc2ccc(Cl)cc2Cl)ccc1-n1cc(C(F)(F)F)nn1.NS(=O)(=O)c1cc(NC(=O)Cc2ccc(Cl)cc2Cl)ccc1-n1ncc(C(F)(F)F)n1. The lowest BCUT2D eigenvalue weighted by atomic mass is 10.1. The third-order valence-electron chi connectivity index (χ3n) is 7.86. The zero-order valence-electron chi connectivity index (χ0n) is 30.4. The van der Waals surface area contributed by atoms with E-state index in [-0.39, 0.29) is 45.6 Å². The Morgan fingerprint density at radius 2 is 1.10 bits per heavy atom. The van der Waals surface area contributed by atoms with Gasteiger partial charge in [-0.05, 0) is 71.8 Å². The van der Waals surface area contributed by atoms with Crippen LogP contribution in [0, 0.1) is 0 Å². The van der Waals surface area contributed by atoms with Crippen molar-refractivity contribution in [2.45, 2.75) is 35.0 Å². The molecule has 2 aromatic heterocycles. The summed E-state index contributed by atoms with van der Waals surface area (Å²) in [6.45, 7) is 0. The van der Waals surface area contributed by atoms with Crippen molar-refractivity contribution in [3.8, 4) is 11.4 Å². The Labute approximate surface area is 365 Å². The van der Waals surface area contributed by atoms with E-state index in [0.717, 1.165) is 24.3 Å². The highest BCUT2D eigenvalue weighted by molar-refractivity contribution is 7.89. The van der Waals surface area contributed by atoms with Crippen LogP contribution in [0.3, 0.4) is 0 Å². The average Bonchev–Trinajstić information content (AvgIpc) is 3.86. The van der Waals surface area contributed by atoms with Gasteiger partial charge >= 0.3 is 12.4 Å². The van der Waals surface area contributed by atoms with Gasteiger partial charge in [0.25, 0.3) is 0 Å². The number of nitrogens with one attached hydrogen (secondary N) is 2. The van der Waals surface area contributed by atoms with Crippen molar-refractivity contribution < 1.29 is 52.8 Å². The van der Waals surface area contributed by atoms with Crippen LogP contribution in [0.25, 0.3) is 11.4 Å². The molecule has 328 valence electrons. The van der Waals surface area contributed by atoms with Crippen molar-refractivity contribution >= 4 is 89.6 Å². The van der Waals surface area contributed by atoms with E-state index in [1.54, 1.807) is 24.3 Å². The van der Waals surface area contributed by atoms with Gasteiger partial charge in [-0.15, -0.1) is 15.0 Å². The van der Waals surface area contributed by atoms with E-state index in [9.17, 15) is 52.8 Å². The smallest absolute Gasteiger partial charge is 0.326 e. The highest BCUT2D eigenvalue weighted by Gasteiger charge is 2.36. The van der Waals surface area contributed by atoms with Crippen LogP contribution in [0.1, 0.15) is 22.5 Å². The van der Waals surface area contributed by atoms with Crippen LogP contribution >= 0.6 is 46.4 Å². The molecule has 6 rings (SSSR count). The van der Waals surface area contributed by atoms with Gasteiger partial charge in [0.2, 0.25) is 31.9 Å².